The number of hydrogen-bond acceptors (Lipinski definition) is 8. The van der Waals surface area contributed by atoms with Gasteiger partial charge in [-0.25, -0.2) is 4.98 Å². The highest BCUT2D eigenvalue weighted by atomic mass is 35.5. The molecule has 13 heteroatoms. The van der Waals surface area contributed by atoms with Gasteiger partial charge in [0.25, 0.3) is 5.56 Å². The molecule has 4 rings (SSSR count). The van der Waals surface area contributed by atoms with Crippen LogP contribution in [0.15, 0.2) is 11.1 Å². The third-order valence-electron chi connectivity index (χ3n) is 6.26. The molecule has 0 saturated carbocycles. The Bertz CT molecular complexity index is 1030. The van der Waals surface area contributed by atoms with Crippen LogP contribution in [-0.2, 0) is 17.7 Å². The van der Waals surface area contributed by atoms with Gasteiger partial charge in [0.05, 0.1) is 19.0 Å². The molecule has 0 amide bonds. The van der Waals surface area contributed by atoms with Crippen LogP contribution in [0.3, 0.4) is 0 Å². The van der Waals surface area contributed by atoms with Gasteiger partial charge < -0.3 is 23.4 Å². The van der Waals surface area contributed by atoms with Gasteiger partial charge in [0.2, 0.25) is 5.95 Å². The minimum atomic E-state index is -2.59. The Labute approximate surface area is 200 Å². The first-order valence-electron chi connectivity index (χ1n) is 11.8. The van der Waals surface area contributed by atoms with Gasteiger partial charge in [0.15, 0.2) is 17.4 Å². The smallest absolute Gasteiger partial charge is 0.329 e. The van der Waals surface area contributed by atoms with E-state index in [1.165, 1.54) is 6.33 Å². The number of nitrogens with two attached hydrogens (primary N) is 1. The van der Waals surface area contributed by atoms with Crippen molar-refractivity contribution in [3.05, 3.63) is 16.7 Å². The molecule has 0 radical (unpaired) electrons. The molecule has 33 heavy (non-hydrogen) atoms. The molecule has 2 saturated heterocycles. The van der Waals surface area contributed by atoms with E-state index < -0.39 is 40.4 Å². The van der Waals surface area contributed by atoms with Crippen molar-refractivity contribution in [2.24, 2.45) is 0 Å². The van der Waals surface area contributed by atoms with Crippen molar-refractivity contribution in [3.63, 3.8) is 0 Å². The van der Waals surface area contributed by atoms with Crippen LogP contribution in [0.2, 0.25) is 24.7 Å². The first kappa shape index (κ1) is 24.8. The standard InChI is InChI=1S/C20H34ClN5O5Si2/c1-5-8-32(4)30-16-13(11-28-33(31-32,9-6-2)10-7-3)29-19(14(16)21)26-12-23-15-17(26)24-20(22)25-18(15)27/h12-14,16,19H,5-11H2,1-4H3,(H3,22,24,25,27)/t13-,14?,16?,19-,32?/m1/s1. The Kier molecular flexibility index (Phi) is 7.34. The number of fused-ring (bicyclic) bond motifs is 2. The van der Waals surface area contributed by atoms with Crippen molar-refractivity contribution in [1.82, 2.24) is 19.5 Å². The van der Waals surface area contributed by atoms with Crippen LogP contribution in [0.25, 0.3) is 11.2 Å². The maximum absolute atomic E-state index is 12.2. The summed E-state index contributed by atoms with van der Waals surface area (Å²) in [6.45, 7) is 8.96. The Hall–Kier alpha value is -1.29. The lowest BCUT2D eigenvalue weighted by atomic mass is 10.2. The zero-order valence-electron chi connectivity index (χ0n) is 19.7. The van der Waals surface area contributed by atoms with Crippen LogP contribution >= 0.6 is 11.6 Å². The molecule has 10 nitrogen and oxygen atoms in total. The fraction of sp³-hybridized carbons (Fsp3) is 0.750. The summed E-state index contributed by atoms with van der Waals surface area (Å²) >= 11 is 6.95. The number of rotatable bonds is 7. The Morgan fingerprint density at radius 3 is 2.61 bits per heavy atom. The third-order valence-corrected chi connectivity index (χ3v) is 15.3. The first-order valence-corrected chi connectivity index (χ1v) is 17.0. The molecule has 184 valence electrons. The summed E-state index contributed by atoms with van der Waals surface area (Å²) in [5.41, 5.74) is 5.87. The lowest BCUT2D eigenvalue weighted by molar-refractivity contribution is -0.0512. The van der Waals surface area contributed by atoms with Gasteiger partial charge in [-0.15, -0.1) is 11.6 Å². The van der Waals surface area contributed by atoms with E-state index in [2.05, 4.69) is 42.3 Å². The monoisotopic (exact) mass is 515 g/mol. The molecule has 2 fully saturated rings. The molecule has 2 aliphatic heterocycles. The van der Waals surface area contributed by atoms with E-state index in [9.17, 15) is 4.79 Å². The van der Waals surface area contributed by atoms with E-state index in [4.69, 9.17) is 35.0 Å². The predicted octanol–water partition coefficient (Wildman–Crippen LogP) is 3.38. The van der Waals surface area contributed by atoms with Crippen molar-refractivity contribution in [2.75, 3.05) is 12.3 Å². The number of aromatic nitrogens is 4. The molecule has 3 unspecified atom stereocenters. The fourth-order valence-corrected chi connectivity index (χ4v) is 14.7. The number of ether oxygens (including phenoxy) is 1. The van der Waals surface area contributed by atoms with Crippen LogP contribution in [-0.4, -0.2) is 60.8 Å². The molecule has 2 aromatic rings. The number of alkyl halides is 1. The molecule has 0 aromatic carbocycles. The molecule has 0 aliphatic carbocycles. The highest BCUT2D eigenvalue weighted by Gasteiger charge is 2.55. The summed E-state index contributed by atoms with van der Waals surface area (Å²) < 4.78 is 28.3. The van der Waals surface area contributed by atoms with Crippen molar-refractivity contribution in [3.8, 4) is 0 Å². The number of aromatic amines is 1. The maximum Gasteiger partial charge on any atom is 0.329 e. The summed E-state index contributed by atoms with van der Waals surface area (Å²) in [7, 11) is -5.03. The van der Waals surface area contributed by atoms with Gasteiger partial charge in [-0.1, -0.05) is 40.0 Å². The fourth-order valence-electron chi connectivity index (χ4n) is 4.99. The van der Waals surface area contributed by atoms with Crippen LogP contribution in [0.4, 0.5) is 5.95 Å². The average Bonchev–Trinajstić information content (AvgIpc) is 3.27. The summed E-state index contributed by atoms with van der Waals surface area (Å²) in [4.78, 5) is 23.2. The number of nitrogens with zero attached hydrogens (tertiary/aromatic N) is 3. The second-order valence-electron chi connectivity index (χ2n) is 9.07. The SMILES string of the molecule is CCC[Si]1(C)OC2C(Cl)[C@H](n3cnc4c(=O)[nH]c(N)nc43)O[C@@H]2CO[Si](CCC)(CCC)O1. The van der Waals surface area contributed by atoms with Crippen LogP contribution in [0.5, 0.6) is 0 Å². The van der Waals surface area contributed by atoms with E-state index in [-0.39, 0.29) is 17.6 Å². The zero-order chi connectivity index (χ0) is 23.8. The van der Waals surface area contributed by atoms with Gasteiger partial charge >= 0.3 is 17.1 Å². The van der Waals surface area contributed by atoms with E-state index in [0.29, 0.717) is 12.3 Å². The third kappa shape index (κ3) is 4.79. The molecule has 3 N–H and O–H groups in total. The second kappa shape index (κ2) is 9.76. The van der Waals surface area contributed by atoms with Crippen LogP contribution in [0, 0.1) is 0 Å². The van der Waals surface area contributed by atoms with Gasteiger partial charge in [-0.2, -0.15) is 4.98 Å². The van der Waals surface area contributed by atoms with Crippen LogP contribution < -0.4 is 11.3 Å². The Morgan fingerprint density at radius 2 is 1.94 bits per heavy atom. The minimum Gasteiger partial charge on any atom is -0.414 e. The Morgan fingerprint density at radius 1 is 1.24 bits per heavy atom. The number of H-pyrrole nitrogens is 1. The van der Waals surface area contributed by atoms with Gasteiger partial charge in [-0.3, -0.25) is 14.3 Å². The van der Waals surface area contributed by atoms with E-state index >= 15 is 0 Å². The molecule has 0 bridgehead atoms. The van der Waals surface area contributed by atoms with E-state index in [0.717, 1.165) is 37.4 Å². The summed E-state index contributed by atoms with van der Waals surface area (Å²) in [6, 6.07) is 2.72. The number of nitrogens with one attached hydrogen (secondary N) is 1. The Balaban J connectivity index is 1.69. The van der Waals surface area contributed by atoms with Gasteiger partial charge in [-0.05, 0) is 24.7 Å². The molecular weight excluding hydrogens is 482 g/mol. The normalized spacial score (nSPS) is 31.9. The summed E-state index contributed by atoms with van der Waals surface area (Å²) in [5.74, 6) is 0.00946. The van der Waals surface area contributed by atoms with Crippen molar-refractivity contribution >= 4 is 45.8 Å². The first-order chi connectivity index (χ1) is 15.7. The average molecular weight is 516 g/mol. The van der Waals surface area contributed by atoms with E-state index in [1.807, 2.05) is 0 Å². The molecule has 2 aliphatic rings. The maximum atomic E-state index is 12.2. The number of hydrogen-bond donors (Lipinski definition) is 2. The number of nitrogen functional groups attached to an aromatic ring is 1. The van der Waals surface area contributed by atoms with Crippen LogP contribution in [0.1, 0.15) is 46.3 Å². The van der Waals surface area contributed by atoms with E-state index in [1.54, 1.807) is 4.57 Å². The highest BCUT2D eigenvalue weighted by molar-refractivity contribution is 6.80. The lowest BCUT2D eigenvalue weighted by Gasteiger charge is -2.44. The number of anilines is 1. The lowest BCUT2D eigenvalue weighted by Crippen LogP contribution is -2.59. The second-order valence-corrected chi connectivity index (χ2v) is 16.5. The topological polar surface area (TPSA) is 127 Å². The van der Waals surface area contributed by atoms with Gasteiger partial charge in [0.1, 0.15) is 11.5 Å². The largest absolute Gasteiger partial charge is 0.414 e. The minimum absolute atomic E-state index is 0.00946. The van der Waals surface area contributed by atoms with Crippen molar-refractivity contribution < 1.29 is 17.7 Å². The molecular formula is C20H34ClN5O5Si2. The van der Waals surface area contributed by atoms with Gasteiger partial charge in [0, 0.05) is 0 Å². The predicted molar refractivity (Wildman–Crippen MR) is 131 cm³/mol. The van der Waals surface area contributed by atoms with Crippen molar-refractivity contribution in [2.45, 2.75) is 88.5 Å². The number of imidazole rings is 1. The quantitative estimate of drug-likeness (QED) is 0.424. The molecule has 2 aromatic heterocycles. The highest BCUT2D eigenvalue weighted by Crippen LogP contribution is 2.42. The number of halogens is 1. The summed E-state index contributed by atoms with van der Waals surface area (Å²) in [5, 5.41) is -0.544. The van der Waals surface area contributed by atoms with Crippen molar-refractivity contribution in [1.29, 1.82) is 0 Å². The molecule has 4 heterocycles. The summed E-state index contributed by atoms with van der Waals surface area (Å²) in [6.07, 6.45) is 3.07. The molecule has 5 atom stereocenters. The molecule has 0 spiro atoms. The zero-order valence-corrected chi connectivity index (χ0v) is 22.4.